The molecule has 7 rings (SSSR count). The monoisotopic (exact) mass is 1060 g/mol. The maximum Gasteiger partial charge on any atom is 0.417 e. The van der Waals surface area contributed by atoms with Crippen LogP contribution in [0, 0.1) is 29.5 Å². The lowest BCUT2D eigenvalue weighted by molar-refractivity contribution is -0.144. The van der Waals surface area contributed by atoms with Crippen LogP contribution in [0.15, 0.2) is 90.4 Å². The first kappa shape index (κ1) is 55.0. The number of thiocarbonyl (C=S) groups is 1. The number of amides is 4. The van der Waals surface area contributed by atoms with Gasteiger partial charge in [0.2, 0.25) is 17.7 Å². The first-order chi connectivity index (χ1) is 34.9. The molecule has 3 N–H and O–H groups in total. The van der Waals surface area contributed by atoms with Crippen LogP contribution in [0.5, 0.6) is 5.75 Å². The molecule has 4 amide bonds. The van der Waals surface area contributed by atoms with Crippen LogP contribution in [-0.2, 0) is 30.1 Å². The van der Waals surface area contributed by atoms with E-state index in [1.165, 1.54) is 47.9 Å². The van der Waals surface area contributed by atoms with Crippen LogP contribution in [0.1, 0.15) is 89.2 Å². The fraction of sp³-hybridized carbons (Fsp3) is 0.389. The van der Waals surface area contributed by atoms with Crippen LogP contribution in [0.25, 0.3) is 21.6 Å². The molecule has 2 saturated heterocycles. The van der Waals surface area contributed by atoms with Gasteiger partial charge in [0.1, 0.15) is 35.8 Å². The van der Waals surface area contributed by atoms with Gasteiger partial charge in [-0.3, -0.25) is 24.1 Å². The minimum absolute atomic E-state index is 0.0551. The zero-order valence-electron chi connectivity index (χ0n) is 41.9. The number of β-amino-alcohol motifs (C(OH)–C–C–N with tert-alkyl or cyclic N) is 1. The number of nitriles is 1. The van der Waals surface area contributed by atoms with Crippen LogP contribution in [0.3, 0.4) is 0 Å². The third-order valence-electron chi connectivity index (χ3n) is 13.0. The lowest BCUT2D eigenvalue weighted by atomic mass is 9.85. The Kier molecular flexibility index (Phi) is 16.6. The molecule has 20 heteroatoms. The van der Waals surface area contributed by atoms with E-state index in [9.17, 15) is 42.7 Å². The van der Waals surface area contributed by atoms with E-state index in [0.717, 1.165) is 32.7 Å². The molecule has 14 nitrogen and oxygen atoms in total. The summed E-state index contributed by atoms with van der Waals surface area (Å²) in [5.74, 6) is -2.24. The Bertz CT molecular complexity index is 2950. The van der Waals surface area contributed by atoms with Crippen molar-refractivity contribution in [3.05, 3.63) is 119 Å². The smallest absolute Gasteiger partial charge is 0.417 e. The van der Waals surface area contributed by atoms with E-state index in [0.29, 0.717) is 42.4 Å². The second kappa shape index (κ2) is 22.4. The highest BCUT2D eigenvalue weighted by Gasteiger charge is 2.52. The number of benzene rings is 4. The Morgan fingerprint density at radius 3 is 2.24 bits per heavy atom. The number of carbonyl (C=O) groups is 4. The lowest BCUT2D eigenvalue weighted by Crippen LogP contribution is -2.58. The van der Waals surface area contributed by atoms with E-state index in [1.54, 1.807) is 68.0 Å². The van der Waals surface area contributed by atoms with Gasteiger partial charge in [-0.1, -0.05) is 63.2 Å². The van der Waals surface area contributed by atoms with Gasteiger partial charge in [-0.15, -0.1) is 11.3 Å². The number of hydrogen-bond acceptors (Lipinski definition) is 11. The molecule has 0 spiro atoms. The van der Waals surface area contributed by atoms with Crippen LogP contribution in [0.2, 0.25) is 0 Å². The molecule has 3 heterocycles. The van der Waals surface area contributed by atoms with E-state index in [2.05, 4.69) is 15.6 Å². The summed E-state index contributed by atoms with van der Waals surface area (Å²) < 4.78 is 68.8. The Hall–Kier alpha value is -6.79. The van der Waals surface area contributed by atoms with Crippen LogP contribution < -0.4 is 25.2 Å². The van der Waals surface area contributed by atoms with Crippen molar-refractivity contribution in [1.29, 1.82) is 5.26 Å². The second-order valence-corrected chi connectivity index (χ2v) is 21.1. The summed E-state index contributed by atoms with van der Waals surface area (Å²) in [6.07, 6.45) is -4.59. The summed E-state index contributed by atoms with van der Waals surface area (Å²) in [6, 6.07) is 21.1. The van der Waals surface area contributed by atoms with Crippen molar-refractivity contribution in [1.82, 2.24) is 20.5 Å². The Morgan fingerprint density at radius 1 is 0.959 bits per heavy atom. The molecule has 0 radical (unpaired) electrons. The first-order valence-electron chi connectivity index (χ1n) is 23.9. The zero-order valence-corrected chi connectivity index (χ0v) is 43.5. The fourth-order valence-electron chi connectivity index (χ4n) is 8.92. The van der Waals surface area contributed by atoms with Gasteiger partial charge in [0.25, 0.3) is 5.91 Å². The van der Waals surface area contributed by atoms with Gasteiger partial charge in [0, 0.05) is 19.6 Å². The van der Waals surface area contributed by atoms with Gasteiger partial charge in [-0.05, 0) is 123 Å². The van der Waals surface area contributed by atoms with Crippen molar-refractivity contribution in [2.75, 3.05) is 36.2 Å². The third-order valence-corrected chi connectivity index (χ3v) is 14.3. The fourth-order valence-corrected chi connectivity index (χ4v) is 10.2. The number of rotatable bonds is 17. The Balaban J connectivity index is 0.859. The Labute approximate surface area is 436 Å². The summed E-state index contributed by atoms with van der Waals surface area (Å²) in [5, 5.41) is 25.4. The summed E-state index contributed by atoms with van der Waals surface area (Å²) in [4.78, 5) is 63.4. The molecule has 0 saturated carbocycles. The number of likely N-dealkylation sites (tertiary alicyclic amines) is 1. The van der Waals surface area contributed by atoms with Gasteiger partial charge in [0.15, 0.2) is 5.11 Å². The highest BCUT2D eigenvalue weighted by atomic mass is 32.1. The van der Waals surface area contributed by atoms with Crippen molar-refractivity contribution in [2.45, 2.75) is 104 Å². The van der Waals surface area contributed by atoms with Gasteiger partial charge in [-0.2, -0.15) is 18.4 Å². The number of carbonyl (C=O) groups excluding carboxylic acids is 4. The molecule has 4 atom stereocenters. The van der Waals surface area contributed by atoms with E-state index < -0.39 is 75.9 Å². The van der Waals surface area contributed by atoms with Crippen LogP contribution in [0.4, 0.5) is 28.9 Å². The summed E-state index contributed by atoms with van der Waals surface area (Å²) in [7, 11) is 0. The molecule has 0 bridgehead atoms. The highest BCUT2D eigenvalue weighted by molar-refractivity contribution is 7.81. The maximum absolute atomic E-state index is 15.9. The molecular formula is C54H57F4N7O7S2. The van der Waals surface area contributed by atoms with Crippen molar-refractivity contribution in [2.24, 2.45) is 5.41 Å². The van der Waals surface area contributed by atoms with Gasteiger partial charge < -0.3 is 35.0 Å². The number of ether oxygens (including phenoxy) is 2. The molecule has 2 fully saturated rings. The van der Waals surface area contributed by atoms with Crippen molar-refractivity contribution in [3.8, 4) is 33.4 Å². The zero-order chi connectivity index (χ0) is 53.9. The number of aliphatic hydroxyl groups is 1. The predicted octanol–water partition coefficient (Wildman–Crippen LogP) is 9.28. The summed E-state index contributed by atoms with van der Waals surface area (Å²) in [5.41, 5.74) is 1.46. The van der Waals surface area contributed by atoms with Gasteiger partial charge in [0.05, 0.1) is 63.4 Å². The number of alkyl halides is 3. The van der Waals surface area contributed by atoms with Gasteiger partial charge >= 0.3 is 6.18 Å². The number of anilines is 2. The van der Waals surface area contributed by atoms with Crippen molar-refractivity contribution >= 4 is 63.7 Å². The molecule has 2 aliphatic rings. The number of thiazole rings is 1. The second-order valence-electron chi connectivity index (χ2n) is 19.8. The number of aromatic nitrogens is 1. The minimum atomic E-state index is -4.87. The third kappa shape index (κ3) is 12.1. The number of aliphatic hydroxyl groups excluding tert-OH is 1. The van der Waals surface area contributed by atoms with Crippen LogP contribution in [-0.4, -0.2) is 93.8 Å². The standard InChI is InChI=1S/C54H57F4N7O7S2/c1-31(33-10-12-35(13-11-33)46-32(2)60-30-74-46)61-48(68)44-26-39(66)28-63(44)49(69)47(52(3,4)5)62-45(67)29-71-22-8-9-23-72-40-19-15-34(16-20-40)36-17-21-43(42(55)24-36)65-51(73)64(50(70)53(65,6)7)38-18-14-37(27-59)41(25-38)54(56,57)58/h10-21,24-25,30-31,39,44,47,66H,8-9,22-23,26,28-29H2,1-7H3,(H,61,68)(H,62,67)/t31-,39+,44-,47?/m0/s1. The molecule has 4 aromatic carbocycles. The largest absolute Gasteiger partial charge is 0.494 e. The molecular weight excluding hydrogens is 999 g/mol. The van der Waals surface area contributed by atoms with Crippen molar-refractivity contribution < 1.29 is 51.3 Å². The molecule has 390 valence electrons. The lowest BCUT2D eigenvalue weighted by Gasteiger charge is -2.35. The van der Waals surface area contributed by atoms with E-state index in [4.69, 9.17) is 21.7 Å². The van der Waals surface area contributed by atoms with E-state index in [-0.39, 0.29) is 48.7 Å². The SMILES string of the molecule is Cc1ncsc1-c1ccc([C@H](C)NC(=O)[C@@H]2C[C@@H](O)CN2C(=O)C(NC(=O)COCCCCOc2ccc(-c3ccc(N4C(=S)N(c5ccc(C#N)c(C(F)(F)F)c5)C(=O)C4(C)C)c(F)c3)cc2)C(C)(C)C)cc1. The number of nitrogens with one attached hydrogen (secondary N) is 2. The predicted molar refractivity (Wildman–Crippen MR) is 277 cm³/mol. The number of hydrogen-bond donors (Lipinski definition) is 3. The number of halogens is 4. The topological polar surface area (TPSA) is 177 Å². The molecule has 2 aliphatic heterocycles. The van der Waals surface area contributed by atoms with Crippen LogP contribution >= 0.6 is 23.6 Å². The average Bonchev–Trinajstić information content (AvgIpc) is 4.02. The maximum atomic E-state index is 15.9. The highest BCUT2D eigenvalue weighted by Crippen LogP contribution is 2.41. The first-order valence-corrected chi connectivity index (χ1v) is 25.2. The van der Waals surface area contributed by atoms with Crippen molar-refractivity contribution in [3.63, 3.8) is 0 Å². The van der Waals surface area contributed by atoms with E-state index >= 15 is 4.39 Å². The number of aryl methyl sites for hydroxylation is 1. The molecule has 1 unspecified atom stereocenters. The van der Waals surface area contributed by atoms with E-state index in [1.807, 2.05) is 38.1 Å². The number of nitrogens with zero attached hydrogens (tertiary/aromatic N) is 5. The minimum Gasteiger partial charge on any atom is -0.494 e. The number of unbranched alkanes of at least 4 members (excludes halogenated alkanes) is 1. The molecule has 0 aliphatic carbocycles. The molecule has 74 heavy (non-hydrogen) atoms. The summed E-state index contributed by atoms with van der Waals surface area (Å²) in [6.45, 7) is 12.4. The summed E-state index contributed by atoms with van der Waals surface area (Å²) >= 11 is 7.12. The Morgan fingerprint density at radius 2 is 1.62 bits per heavy atom. The molecule has 1 aromatic heterocycles. The molecule has 5 aromatic rings. The van der Waals surface area contributed by atoms with Gasteiger partial charge in [-0.25, -0.2) is 9.37 Å². The average molecular weight is 1060 g/mol. The quantitative estimate of drug-likeness (QED) is 0.0460. The normalized spacial score (nSPS) is 17.5.